The lowest BCUT2D eigenvalue weighted by molar-refractivity contribution is 0.652. The predicted molar refractivity (Wildman–Crippen MR) is 90.6 cm³/mol. The molecule has 1 fully saturated rings. The summed E-state index contributed by atoms with van der Waals surface area (Å²) in [6.45, 7) is 3.94. The summed E-state index contributed by atoms with van der Waals surface area (Å²) in [7, 11) is 0. The maximum absolute atomic E-state index is 6.39. The lowest BCUT2D eigenvalue weighted by Crippen LogP contribution is -2.46. The van der Waals surface area contributed by atoms with Crippen molar-refractivity contribution in [2.75, 3.05) is 36.0 Å². The van der Waals surface area contributed by atoms with E-state index in [2.05, 4.69) is 42.8 Å². The predicted octanol–water partition coefficient (Wildman–Crippen LogP) is 4.02. The molecule has 6 heteroatoms. The molecule has 0 saturated carbocycles. The molecule has 0 radical (unpaired) electrons. The Kier molecular flexibility index (Phi) is 4.48. The van der Waals surface area contributed by atoms with Gasteiger partial charge in [0.15, 0.2) is 5.13 Å². The van der Waals surface area contributed by atoms with Gasteiger partial charge in [0.2, 0.25) is 0 Å². The summed E-state index contributed by atoms with van der Waals surface area (Å²) in [5.41, 5.74) is 2.34. The van der Waals surface area contributed by atoms with E-state index < -0.39 is 0 Å². The van der Waals surface area contributed by atoms with Gasteiger partial charge in [0.25, 0.3) is 0 Å². The zero-order valence-electron chi connectivity index (χ0n) is 10.9. The number of rotatable bonds is 3. The van der Waals surface area contributed by atoms with Crippen LogP contribution in [-0.2, 0) is 5.33 Å². The van der Waals surface area contributed by atoms with Crippen molar-refractivity contribution in [3.63, 3.8) is 0 Å². The Balaban J connectivity index is 1.69. The van der Waals surface area contributed by atoms with E-state index in [-0.39, 0.29) is 0 Å². The first-order valence-corrected chi connectivity index (χ1v) is 8.89. The van der Waals surface area contributed by atoms with E-state index in [1.165, 1.54) is 5.56 Å². The van der Waals surface area contributed by atoms with Crippen molar-refractivity contribution in [3.8, 4) is 0 Å². The highest BCUT2D eigenvalue weighted by atomic mass is 79.9. The van der Waals surface area contributed by atoms with Crippen molar-refractivity contribution in [3.05, 3.63) is 40.4 Å². The van der Waals surface area contributed by atoms with Gasteiger partial charge in [-0.15, -0.1) is 11.3 Å². The van der Waals surface area contributed by atoms with E-state index in [1.807, 2.05) is 17.6 Å². The van der Waals surface area contributed by atoms with Gasteiger partial charge in [0.05, 0.1) is 10.7 Å². The minimum absolute atomic E-state index is 0.838. The number of hydrogen-bond acceptors (Lipinski definition) is 4. The molecular weight excluding hydrogens is 358 g/mol. The fourth-order valence-electron chi connectivity index (χ4n) is 2.40. The van der Waals surface area contributed by atoms with Crippen molar-refractivity contribution in [2.24, 2.45) is 0 Å². The fourth-order valence-corrected chi connectivity index (χ4v) is 3.77. The number of anilines is 2. The number of hydrogen-bond donors (Lipinski definition) is 0. The molecule has 1 saturated heterocycles. The summed E-state index contributed by atoms with van der Waals surface area (Å²) in [6, 6.07) is 6.29. The first kappa shape index (κ1) is 14.2. The number of benzene rings is 1. The zero-order chi connectivity index (χ0) is 13.9. The maximum atomic E-state index is 6.39. The Labute approximate surface area is 136 Å². The molecule has 0 N–H and O–H groups in total. The van der Waals surface area contributed by atoms with Crippen molar-refractivity contribution in [2.45, 2.75) is 5.33 Å². The maximum Gasteiger partial charge on any atom is 0.185 e. The topological polar surface area (TPSA) is 19.4 Å². The van der Waals surface area contributed by atoms with Crippen molar-refractivity contribution >= 4 is 49.7 Å². The quantitative estimate of drug-likeness (QED) is 0.759. The van der Waals surface area contributed by atoms with Gasteiger partial charge >= 0.3 is 0 Å². The van der Waals surface area contributed by atoms with E-state index in [1.54, 1.807) is 11.3 Å². The second-order valence-corrected chi connectivity index (χ2v) is 6.55. The molecular formula is C14H15BrClN3S. The number of aromatic nitrogens is 1. The van der Waals surface area contributed by atoms with Crippen molar-refractivity contribution < 1.29 is 0 Å². The van der Waals surface area contributed by atoms with Crippen LogP contribution in [0.1, 0.15) is 5.56 Å². The van der Waals surface area contributed by atoms with E-state index in [9.17, 15) is 0 Å². The Hall–Kier alpha value is -0.780. The molecule has 20 heavy (non-hydrogen) atoms. The van der Waals surface area contributed by atoms with Crippen LogP contribution in [0.3, 0.4) is 0 Å². The Morgan fingerprint density at radius 3 is 2.55 bits per heavy atom. The van der Waals surface area contributed by atoms with Gasteiger partial charge in [-0.1, -0.05) is 33.6 Å². The smallest absolute Gasteiger partial charge is 0.185 e. The van der Waals surface area contributed by atoms with Crippen LogP contribution in [0.4, 0.5) is 10.8 Å². The van der Waals surface area contributed by atoms with E-state index >= 15 is 0 Å². The van der Waals surface area contributed by atoms with E-state index in [4.69, 9.17) is 11.6 Å². The molecule has 1 aromatic carbocycles. The van der Waals surface area contributed by atoms with Gasteiger partial charge in [0, 0.05) is 43.1 Å². The van der Waals surface area contributed by atoms with Crippen LogP contribution < -0.4 is 9.80 Å². The van der Waals surface area contributed by atoms with Crippen LogP contribution in [0, 0.1) is 0 Å². The highest BCUT2D eigenvalue weighted by molar-refractivity contribution is 9.08. The largest absolute Gasteiger partial charge is 0.367 e. The summed E-state index contributed by atoms with van der Waals surface area (Å²) in [5, 5.41) is 4.82. The second-order valence-electron chi connectivity index (χ2n) is 4.71. The molecule has 0 bridgehead atoms. The number of alkyl halides is 1. The van der Waals surface area contributed by atoms with Gasteiger partial charge < -0.3 is 9.80 Å². The molecule has 0 unspecified atom stereocenters. The van der Waals surface area contributed by atoms with Crippen LogP contribution in [0.2, 0.25) is 5.02 Å². The standard InChI is InChI=1S/C14H15BrClN3S/c15-10-11-1-2-13(12(16)9-11)18-4-6-19(7-5-18)14-17-3-8-20-14/h1-3,8-9H,4-7,10H2. The van der Waals surface area contributed by atoms with Gasteiger partial charge in [0.1, 0.15) is 0 Å². The zero-order valence-corrected chi connectivity index (χ0v) is 14.1. The van der Waals surface area contributed by atoms with Crippen LogP contribution in [-0.4, -0.2) is 31.2 Å². The highest BCUT2D eigenvalue weighted by Crippen LogP contribution is 2.29. The molecule has 3 rings (SSSR count). The van der Waals surface area contributed by atoms with Gasteiger partial charge in [-0.05, 0) is 17.7 Å². The summed E-state index contributed by atoms with van der Waals surface area (Å²) in [5.74, 6) is 0. The Morgan fingerprint density at radius 1 is 1.20 bits per heavy atom. The normalized spacial score (nSPS) is 15.7. The molecule has 0 atom stereocenters. The van der Waals surface area contributed by atoms with E-state index in [0.29, 0.717) is 0 Å². The first-order valence-electron chi connectivity index (χ1n) is 6.51. The van der Waals surface area contributed by atoms with Gasteiger partial charge in [-0.2, -0.15) is 0 Å². The molecule has 2 aromatic rings. The summed E-state index contributed by atoms with van der Waals surface area (Å²) < 4.78 is 0. The summed E-state index contributed by atoms with van der Waals surface area (Å²) in [4.78, 5) is 9.06. The van der Waals surface area contributed by atoms with Crippen LogP contribution in [0.25, 0.3) is 0 Å². The fraction of sp³-hybridized carbons (Fsp3) is 0.357. The second kappa shape index (κ2) is 6.33. The lowest BCUT2D eigenvalue weighted by atomic mass is 10.2. The monoisotopic (exact) mass is 371 g/mol. The molecule has 0 spiro atoms. The molecule has 1 aliphatic heterocycles. The number of piperazine rings is 1. The molecule has 2 heterocycles. The summed E-state index contributed by atoms with van der Waals surface area (Å²) in [6.07, 6.45) is 1.86. The van der Waals surface area contributed by atoms with Crippen LogP contribution in [0.15, 0.2) is 29.8 Å². The minimum Gasteiger partial charge on any atom is -0.367 e. The Bertz CT molecular complexity index is 568. The Morgan fingerprint density at radius 2 is 1.95 bits per heavy atom. The third-order valence-corrected chi connectivity index (χ3v) is 5.26. The molecule has 0 aliphatic carbocycles. The first-order chi connectivity index (χ1) is 9.78. The number of thiazole rings is 1. The minimum atomic E-state index is 0.838. The molecule has 106 valence electrons. The SMILES string of the molecule is Clc1cc(CBr)ccc1N1CCN(c2nccs2)CC1. The van der Waals surface area contributed by atoms with Crippen molar-refractivity contribution in [1.29, 1.82) is 0 Å². The average molecular weight is 373 g/mol. The van der Waals surface area contributed by atoms with Crippen molar-refractivity contribution in [1.82, 2.24) is 4.98 Å². The number of halogens is 2. The molecule has 1 aliphatic rings. The average Bonchev–Trinajstić information content (AvgIpc) is 3.01. The molecule has 3 nitrogen and oxygen atoms in total. The van der Waals surface area contributed by atoms with E-state index in [0.717, 1.165) is 47.4 Å². The molecule has 0 amide bonds. The third-order valence-electron chi connectivity index (χ3n) is 3.48. The number of nitrogens with zero attached hydrogens (tertiary/aromatic N) is 3. The van der Waals surface area contributed by atoms with Crippen LogP contribution in [0.5, 0.6) is 0 Å². The van der Waals surface area contributed by atoms with Gasteiger partial charge in [-0.3, -0.25) is 0 Å². The lowest BCUT2D eigenvalue weighted by Gasteiger charge is -2.36. The molecule has 1 aromatic heterocycles. The third kappa shape index (κ3) is 2.95. The summed E-state index contributed by atoms with van der Waals surface area (Å²) >= 11 is 11.5. The highest BCUT2D eigenvalue weighted by Gasteiger charge is 2.20. The van der Waals surface area contributed by atoms with Crippen LogP contribution >= 0.6 is 38.9 Å². The van der Waals surface area contributed by atoms with Gasteiger partial charge in [-0.25, -0.2) is 4.98 Å².